The van der Waals surface area contributed by atoms with Gasteiger partial charge in [0.1, 0.15) is 0 Å². The second-order valence-corrected chi connectivity index (χ2v) is 5.40. The number of amides is 1. The molecule has 0 aromatic heterocycles. The normalized spacial score (nSPS) is 30.1. The quantitative estimate of drug-likeness (QED) is 0.845. The molecule has 1 aliphatic carbocycles. The second-order valence-electron chi connectivity index (χ2n) is 5.40. The number of hydrogen-bond acceptors (Lipinski definition) is 2. The minimum absolute atomic E-state index is 0.203. The highest BCUT2D eigenvalue weighted by Crippen LogP contribution is 2.47. The summed E-state index contributed by atoms with van der Waals surface area (Å²) in [5.74, 6) is 0.883. The van der Waals surface area contributed by atoms with Crippen molar-refractivity contribution in [3.63, 3.8) is 0 Å². The lowest BCUT2D eigenvalue weighted by atomic mass is 10.1. The monoisotopic (exact) mass is 244 g/mol. The lowest BCUT2D eigenvalue weighted by Crippen LogP contribution is -2.37. The number of nitrogens with one attached hydrogen (secondary N) is 2. The molecule has 1 aromatic rings. The van der Waals surface area contributed by atoms with Gasteiger partial charge in [0.15, 0.2) is 0 Å². The third-order valence-corrected chi connectivity index (χ3v) is 4.04. The molecule has 1 aliphatic heterocycles. The van der Waals surface area contributed by atoms with Crippen LogP contribution in [0.4, 0.5) is 0 Å². The minimum atomic E-state index is 0.203. The van der Waals surface area contributed by atoms with Gasteiger partial charge in [0.25, 0.3) is 0 Å². The molecular formula is C15H20N2O. The Morgan fingerprint density at radius 1 is 1.33 bits per heavy atom. The van der Waals surface area contributed by atoms with E-state index in [0.717, 1.165) is 19.5 Å². The molecular weight excluding hydrogens is 224 g/mol. The van der Waals surface area contributed by atoms with Crippen LogP contribution in [0, 0.1) is 5.92 Å². The van der Waals surface area contributed by atoms with Crippen molar-refractivity contribution in [3.8, 4) is 0 Å². The maximum absolute atomic E-state index is 12.0. The van der Waals surface area contributed by atoms with Gasteiger partial charge in [0.05, 0.1) is 0 Å². The van der Waals surface area contributed by atoms with E-state index >= 15 is 0 Å². The van der Waals surface area contributed by atoms with Crippen molar-refractivity contribution >= 4 is 5.91 Å². The van der Waals surface area contributed by atoms with Crippen LogP contribution in [-0.4, -0.2) is 25.0 Å². The smallest absolute Gasteiger partial charge is 0.223 e. The average Bonchev–Trinajstić information content (AvgIpc) is 3.05. The van der Waals surface area contributed by atoms with E-state index in [0.29, 0.717) is 12.0 Å². The van der Waals surface area contributed by atoms with Crippen molar-refractivity contribution in [2.75, 3.05) is 13.1 Å². The highest BCUT2D eigenvalue weighted by molar-refractivity contribution is 5.82. The Morgan fingerprint density at radius 3 is 2.89 bits per heavy atom. The molecule has 3 unspecified atom stereocenters. The molecule has 2 fully saturated rings. The number of rotatable bonds is 4. The van der Waals surface area contributed by atoms with Crippen LogP contribution in [0.1, 0.15) is 30.7 Å². The fourth-order valence-electron chi connectivity index (χ4n) is 2.84. The predicted octanol–water partition coefficient (Wildman–Crippen LogP) is 1.66. The first-order valence-corrected chi connectivity index (χ1v) is 6.90. The molecule has 3 heteroatoms. The first-order valence-electron chi connectivity index (χ1n) is 6.90. The van der Waals surface area contributed by atoms with Gasteiger partial charge in [-0.25, -0.2) is 0 Å². The Balaban J connectivity index is 1.47. The molecule has 1 heterocycles. The summed E-state index contributed by atoms with van der Waals surface area (Å²) in [6.45, 7) is 1.88. The second kappa shape index (κ2) is 5.11. The van der Waals surface area contributed by atoms with E-state index in [-0.39, 0.29) is 11.8 Å². The summed E-state index contributed by atoms with van der Waals surface area (Å²) in [7, 11) is 0. The zero-order valence-corrected chi connectivity index (χ0v) is 10.6. The maximum Gasteiger partial charge on any atom is 0.223 e. The molecule has 0 spiro atoms. The van der Waals surface area contributed by atoms with E-state index in [4.69, 9.17) is 0 Å². The topological polar surface area (TPSA) is 41.1 Å². The molecule has 0 radical (unpaired) electrons. The lowest BCUT2D eigenvalue weighted by Gasteiger charge is -2.11. The van der Waals surface area contributed by atoms with Crippen molar-refractivity contribution < 1.29 is 4.79 Å². The standard InChI is InChI=1S/C15H20N2O/c18-15(17-10-12-7-4-8-16-12)14-9-13(14)11-5-2-1-3-6-11/h1-3,5-6,12-14,16H,4,7-10H2,(H,17,18). The number of carbonyl (C=O) groups is 1. The van der Waals surface area contributed by atoms with E-state index in [1.54, 1.807) is 0 Å². The highest BCUT2D eigenvalue weighted by Gasteiger charge is 2.43. The summed E-state index contributed by atoms with van der Waals surface area (Å²) >= 11 is 0. The van der Waals surface area contributed by atoms with Gasteiger partial charge in [0, 0.05) is 18.5 Å². The summed E-state index contributed by atoms with van der Waals surface area (Å²) in [5.41, 5.74) is 1.30. The van der Waals surface area contributed by atoms with Crippen LogP contribution in [0.3, 0.4) is 0 Å². The predicted molar refractivity (Wildman–Crippen MR) is 71.3 cm³/mol. The van der Waals surface area contributed by atoms with Crippen LogP contribution in [0.2, 0.25) is 0 Å². The van der Waals surface area contributed by atoms with E-state index in [1.807, 2.05) is 18.2 Å². The van der Waals surface area contributed by atoms with Gasteiger partial charge in [-0.2, -0.15) is 0 Å². The van der Waals surface area contributed by atoms with Crippen LogP contribution in [0.5, 0.6) is 0 Å². The average molecular weight is 244 g/mol. The fraction of sp³-hybridized carbons (Fsp3) is 0.533. The van der Waals surface area contributed by atoms with Gasteiger partial charge >= 0.3 is 0 Å². The van der Waals surface area contributed by atoms with E-state index in [2.05, 4.69) is 22.8 Å². The molecule has 3 rings (SSSR count). The molecule has 1 saturated heterocycles. The molecule has 3 atom stereocenters. The third-order valence-electron chi connectivity index (χ3n) is 4.04. The van der Waals surface area contributed by atoms with Gasteiger partial charge in [-0.1, -0.05) is 30.3 Å². The van der Waals surface area contributed by atoms with Crippen molar-refractivity contribution in [2.24, 2.45) is 5.92 Å². The lowest BCUT2D eigenvalue weighted by molar-refractivity contribution is -0.122. The van der Waals surface area contributed by atoms with Crippen molar-refractivity contribution in [1.29, 1.82) is 0 Å². The zero-order chi connectivity index (χ0) is 12.4. The SMILES string of the molecule is O=C(NCC1CCCN1)C1CC1c1ccccc1. The Hall–Kier alpha value is -1.35. The molecule has 96 valence electrons. The number of carbonyl (C=O) groups excluding carboxylic acids is 1. The third kappa shape index (κ3) is 2.56. The largest absolute Gasteiger partial charge is 0.354 e. The first kappa shape index (κ1) is 11.7. The van der Waals surface area contributed by atoms with Crippen molar-refractivity contribution in [3.05, 3.63) is 35.9 Å². The minimum Gasteiger partial charge on any atom is -0.354 e. The number of benzene rings is 1. The fourth-order valence-corrected chi connectivity index (χ4v) is 2.84. The summed E-state index contributed by atoms with van der Waals surface area (Å²) in [4.78, 5) is 12.0. The molecule has 1 amide bonds. The first-order chi connectivity index (χ1) is 8.84. The zero-order valence-electron chi connectivity index (χ0n) is 10.6. The summed E-state index contributed by atoms with van der Waals surface area (Å²) in [6.07, 6.45) is 3.43. The van der Waals surface area contributed by atoms with Gasteiger partial charge < -0.3 is 10.6 Å². The van der Waals surface area contributed by atoms with E-state index < -0.39 is 0 Å². The molecule has 18 heavy (non-hydrogen) atoms. The van der Waals surface area contributed by atoms with E-state index in [1.165, 1.54) is 18.4 Å². The molecule has 1 aromatic carbocycles. The molecule has 2 N–H and O–H groups in total. The van der Waals surface area contributed by atoms with Crippen LogP contribution in [0.25, 0.3) is 0 Å². The van der Waals surface area contributed by atoms with Crippen LogP contribution in [-0.2, 0) is 4.79 Å². The van der Waals surface area contributed by atoms with Crippen LogP contribution in [0.15, 0.2) is 30.3 Å². The molecule has 2 aliphatic rings. The maximum atomic E-state index is 12.0. The molecule has 1 saturated carbocycles. The summed E-state index contributed by atoms with van der Waals surface area (Å²) in [5, 5.41) is 6.48. The Bertz CT molecular complexity index is 412. The van der Waals surface area contributed by atoms with E-state index in [9.17, 15) is 4.79 Å². The van der Waals surface area contributed by atoms with Crippen molar-refractivity contribution in [2.45, 2.75) is 31.2 Å². The Morgan fingerprint density at radius 2 is 2.17 bits per heavy atom. The van der Waals surface area contributed by atoms with Gasteiger partial charge in [-0.3, -0.25) is 4.79 Å². The van der Waals surface area contributed by atoms with Gasteiger partial charge in [-0.05, 0) is 37.3 Å². The van der Waals surface area contributed by atoms with Crippen LogP contribution < -0.4 is 10.6 Å². The van der Waals surface area contributed by atoms with Gasteiger partial charge in [-0.15, -0.1) is 0 Å². The highest BCUT2D eigenvalue weighted by atomic mass is 16.2. The van der Waals surface area contributed by atoms with Crippen LogP contribution >= 0.6 is 0 Å². The molecule has 0 bridgehead atoms. The molecule has 3 nitrogen and oxygen atoms in total. The van der Waals surface area contributed by atoms with Gasteiger partial charge in [0.2, 0.25) is 5.91 Å². The Kier molecular flexibility index (Phi) is 3.33. The number of hydrogen-bond donors (Lipinski definition) is 2. The Labute approximate surface area is 108 Å². The summed E-state index contributed by atoms with van der Waals surface area (Å²) in [6, 6.07) is 10.8. The van der Waals surface area contributed by atoms with Crippen molar-refractivity contribution in [1.82, 2.24) is 10.6 Å². The summed E-state index contributed by atoms with van der Waals surface area (Å²) < 4.78 is 0.